The summed E-state index contributed by atoms with van der Waals surface area (Å²) >= 11 is 0. The molecule has 10 heteroatoms. The van der Waals surface area contributed by atoms with Gasteiger partial charge in [-0.2, -0.15) is 9.61 Å². The Morgan fingerprint density at radius 2 is 2.07 bits per heavy atom. The van der Waals surface area contributed by atoms with Crippen LogP contribution in [0.1, 0.15) is 12.7 Å². The van der Waals surface area contributed by atoms with Gasteiger partial charge in [0.2, 0.25) is 11.6 Å². The maximum absolute atomic E-state index is 5.57. The number of hydrogen-bond donors (Lipinski definition) is 0. The van der Waals surface area contributed by atoms with Gasteiger partial charge in [0.05, 0.1) is 12.5 Å². The molecule has 0 fully saturated rings. The molecule has 4 heterocycles. The molecule has 0 amide bonds. The molecule has 1 aromatic carbocycles. The normalized spacial score (nSPS) is 11.5. The van der Waals surface area contributed by atoms with Crippen LogP contribution in [0.3, 0.4) is 0 Å². The maximum Gasteiger partial charge on any atom is 0.207 e. The SMILES string of the molecule is CCc1cc(-c2nnc3c4cccc(OC)c4c(-c4ncn(C)n4)nn23)no1. The maximum atomic E-state index is 5.57. The first-order valence-electron chi connectivity index (χ1n) is 8.73. The molecule has 0 radical (unpaired) electrons. The number of benzene rings is 1. The summed E-state index contributed by atoms with van der Waals surface area (Å²) in [6.45, 7) is 2.00. The second-order valence-electron chi connectivity index (χ2n) is 6.26. The van der Waals surface area contributed by atoms with Crippen molar-refractivity contribution in [3.05, 3.63) is 36.4 Å². The molecule has 0 aliphatic carbocycles. The molecule has 28 heavy (non-hydrogen) atoms. The highest BCUT2D eigenvalue weighted by atomic mass is 16.5. The predicted octanol–water partition coefficient (Wildman–Crippen LogP) is 2.30. The molecule has 4 aromatic heterocycles. The third-order valence-electron chi connectivity index (χ3n) is 4.51. The first kappa shape index (κ1) is 16.4. The van der Waals surface area contributed by atoms with Crippen molar-refractivity contribution in [2.75, 3.05) is 7.11 Å². The number of aryl methyl sites for hydroxylation is 2. The molecule has 0 saturated carbocycles. The van der Waals surface area contributed by atoms with Crippen LogP contribution >= 0.6 is 0 Å². The predicted molar refractivity (Wildman–Crippen MR) is 99.7 cm³/mol. The van der Waals surface area contributed by atoms with E-state index in [2.05, 4.69) is 25.4 Å². The van der Waals surface area contributed by atoms with E-state index in [9.17, 15) is 0 Å². The standard InChI is InChI=1S/C18H16N8O2/c1-4-10-8-12(24-28-10)18-21-20-17-11-6-5-7-13(27-3)14(11)15(22-26(17)18)16-19-9-25(2)23-16/h5-9H,4H2,1-3H3. The van der Waals surface area contributed by atoms with E-state index in [1.807, 2.05) is 31.2 Å². The van der Waals surface area contributed by atoms with Crippen LogP contribution in [0.5, 0.6) is 5.75 Å². The summed E-state index contributed by atoms with van der Waals surface area (Å²) in [5.41, 5.74) is 1.73. The minimum Gasteiger partial charge on any atom is -0.496 e. The van der Waals surface area contributed by atoms with Crippen LogP contribution in [0.25, 0.3) is 39.5 Å². The zero-order valence-electron chi connectivity index (χ0n) is 15.5. The lowest BCUT2D eigenvalue weighted by atomic mass is 10.1. The first-order chi connectivity index (χ1) is 13.7. The van der Waals surface area contributed by atoms with E-state index in [1.165, 1.54) is 0 Å². The van der Waals surface area contributed by atoms with Gasteiger partial charge < -0.3 is 9.26 Å². The van der Waals surface area contributed by atoms with Gasteiger partial charge in [-0.05, 0) is 6.07 Å². The zero-order valence-corrected chi connectivity index (χ0v) is 15.5. The van der Waals surface area contributed by atoms with Crippen molar-refractivity contribution in [3.8, 4) is 28.8 Å². The molecule has 5 rings (SSSR count). The summed E-state index contributed by atoms with van der Waals surface area (Å²) < 4.78 is 14.2. The quantitative estimate of drug-likeness (QED) is 0.470. The van der Waals surface area contributed by atoms with Gasteiger partial charge in [-0.15, -0.1) is 15.3 Å². The minimum atomic E-state index is 0.480. The van der Waals surface area contributed by atoms with E-state index < -0.39 is 0 Å². The van der Waals surface area contributed by atoms with E-state index >= 15 is 0 Å². The number of fused-ring (bicyclic) bond motifs is 3. The molecular weight excluding hydrogens is 360 g/mol. The number of aromatic nitrogens is 8. The Bertz CT molecular complexity index is 1320. The molecule has 0 unspecified atom stereocenters. The van der Waals surface area contributed by atoms with Gasteiger partial charge in [0, 0.05) is 24.9 Å². The van der Waals surface area contributed by atoms with Crippen molar-refractivity contribution in [2.24, 2.45) is 7.05 Å². The fourth-order valence-corrected chi connectivity index (χ4v) is 3.17. The van der Waals surface area contributed by atoms with Crippen molar-refractivity contribution in [1.29, 1.82) is 0 Å². The van der Waals surface area contributed by atoms with Gasteiger partial charge in [-0.3, -0.25) is 4.68 Å². The molecular formula is C18H16N8O2. The third kappa shape index (κ3) is 2.34. The lowest BCUT2D eigenvalue weighted by Gasteiger charge is -2.09. The highest BCUT2D eigenvalue weighted by Gasteiger charge is 2.22. The van der Waals surface area contributed by atoms with Crippen molar-refractivity contribution < 1.29 is 9.26 Å². The number of rotatable bonds is 4. The van der Waals surface area contributed by atoms with Crippen LogP contribution in [0.4, 0.5) is 0 Å². The van der Waals surface area contributed by atoms with E-state index in [0.717, 1.165) is 23.0 Å². The molecule has 0 atom stereocenters. The monoisotopic (exact) mass is 376 g/mol. The van der Waals surface area contributed by atoms with Crippen LogP contribution in [0.2, 0.25) is 0 Å². The molecule has 0 aliphatic rings. The molecule has 0 spiro atoms. The molecule has 5 aromatic rings. The Kier molecular flexibility index (Phi) is 3.57. The lowest BCUT2D eigenvalue weighted by molar-refractivity contribution is 0.388. The van der Waals surface area contributed by atoms with E-state index in [0.29, 0.717) is 34.4 Å². The summed E-state index contributed by atoms with van der Waals surface area (Å²) in [5.74, 6) is 2.39. The summed E-state index contributed by atoms with van der Waals surface area (Å²) in [4.78, 5) is 4.37. The lowest BCUT2D eigenvalue weighted by Crippen LogP contribution is -2.02. The Morgan fingerprint density at radius 1 is 1.18 bits per heavy atom. The van der Waals surface area contributed by atoms with Crippen LogP contribution in [0, 0.1) is 0 Å². The Morgan fingerprint density at radius 3 is 2.79 bits per heavy atom. The number of nitrogens with zero attached hydrogens (tertiary/aromatic N) is 8. The smallest absolute Gasteiger partial charge is 0.207 e. The van der Waals surface area contributed by atoms with E-state index in [4.69, 9.17) is 14.4 Å². The van der Waals surface area contributed by atoms with Gasteiger partial charge in [0.1, 0.15) is 23.5 Å². The van der Waals surface area contributed by atoms with Gasteiger partial charge in [-0.25, -0.2) is 4.98 Å². The topological polar surface area (TPSA) is 109 Å². The van der Waals surface area contributed by atoms with Gasteiger partial charge in [0.25, 0.3) is 0 Å². The average molecular weight is 376 g/mol. The van der Waals surface area contributed by atoms with Crippen molar-refractivity contribution >= 4 is 16.4 Å². The fourth-order valence-electron chi connectivity index (χ4n) is 3.17. The van der Waals surface area contributed by atoms with Crippen LogP contribution in [-0.2, 0) is 13.5 Å². The Hall–Kier alpha value is -3.82. The van der Waals surface area contributed by atoms with E-state index in [1.54, 1.807) is 29.7 Å². The van der Waals surface area contributed by atoms with Crippen LogP contribution in [0.15, 0.2) is 35.1 Å². The highest BCUT2D eigenvalue weighted by Crippen LogP contribution is 2.35. The van der Waals surface area contributed by atoms with Crippen molar-refractivity contribution in [1.82, 2.24) is 39.7 Å². The zero-order chi connectivity index (χ0) is 19.3. The molecule has 0 bridgehead atoms. The highest BCUT2D eigenvalue weighted by molar-refractivity contribution is 6.04. The van der Waals surface area contributed by atoms with Crippen molar-refractivity contribution in [2.45, 2.75) is 13.3 Å². The number of hydrogen-bond acceptors (Lipinski definition) is 8. The minimum absolute atomic E-state index is 0.480. The van der Waals surface area contributed by atoms with Gasteiger partial charge in [-0.1, -0.05) is 24.2 Å². The molecule has 0 aliphatic heterocycles. The van der Waals surface area contributed by atoms with Crippen LogP contribution < -0.4 is 4.74 Å². The number of ether oxygens (including phenoxy) is 1. The van der Waals surface area contributed by atoms with Crippen LogP contribution in [-0.4, -0.2) is 46.8 Å². The third-order valence-corrected chi connectivity index (χ3v) is 4.51. The fraction of sp³-hybridized carbons (Fsp3) is 0.222. The van der Waals surface area contributed by atoms with Gasteiger partial charge in [0.15, 0.2) is 11.3 Å². The summed E-state index contributed by atoms with van der Waals surface area (Å²) in [5, 5.41) is 23.5. The van der Waals surface area contributed by atoms with E-state index in [-0.39, 0.29) is 0 Å². The molecule has 140 valence electrons. The van der Waals surface area contributed by atoms with Crippen molar-refractivity contribution in [3.63, 3.8) is 0 Å². The Labute approximate surface area is 158 Å². The summed E-state index contributed by atoms with van der Waals surface area (Å²) in [6.07, 6.45) is 2.36. The second-order valence-corrected chi connectivity index (χ2v) is 6.26. The van der Waals surface area contributed by atoms with Gasteiger partial charge >= 0.3 is 0 Å². The Balaban J connectivity index is 1.88. The molecule has 0 saturated heterocycles. The second kappa shape index (κ2) is 6.12. The summed E-state index contributed by atoms with van der Waals surface area (Å²) in [6, 6.07) is 7.55. The molecule has 10 nitrogen and oxygen atoms in total. The largest absolute Gasteiger partial charge is 0.496 e. The summed E-state index contributed by atoms with van der Waals surface area (Å²) in [7, 11) is 3.42. The average Bonchev–Trinajstić information content (AvgIpc) is 3.45. The number of methoxy groups -OCH3 is 1. The molecule has 0 N–H and O–H groups in total. The first-order valence-corrected chi connectivity index (χ1v) is 8.73.